The largest absolute Gasteiger partial charge is 0.393 e. The molecule has 2 aromatic rings. The normalized spacial score (nSPS) is 23.4. The van der Waals surface area contributed by atoms with Crippen LogP contribution in [-0.2, 0) is 11.2 Å². The third kappa shape index (κ3) is 2.64. The van der Waals surface area contributed by atoms with E-state index in [-0.39, 0.29) is 12.0 Å². The van der Waals surface area contributed by atoms with Crippen LogP contribution in [0.3, 0.4) is 0 Å². The molecule has 2 atom stereocenters. The van der Waals surface area contributed by atoms with Gasteiger partial charge in [-0.05, 0) is 29.0 Å². The summed E-state index contributed by atoms with van der Waals surface area (Å²) in [6.07, 6.45) is 0.954. The van der Waals surface area contributed by atoms with Gasteiger partial charge in [0.1, 0.15) is 0 Å². The molecule has 3 rings (SSSR count). The third-order valence-corrected chi connectivity index (χ3v) is 3.41. The van der Waals surface area contributed by atoms with E-state index < -0.39 is 0 Å². The van der Waals surface area contributed by atoms with Crippen LogP contribution in [0.15, 0.2) is 30.3 Å². The van der Waals surface area contributed by atoms with Crippen LogP contribution in [0.4, 0.5) is 0 Å². The minimum atomic E-state index is -0.338. The second-order valence-corrected chi connectivity index (χ2v) is 4.74. The van der Waals surface area contributed by atoms with E-state index in [0.29, 0.717) is 26.1 Å². The van der Waals surface area contributed by atoms with Gasteiger partial charge in [-0.25, -0.2) is 0 Å². The number of aliphatic hydroxyl groups is 1. The lowest BCUT2D eigenvalue weighted by molar-refractivity contribution is -0.0358. The van der Waals surface area contributed by atoms with Crippen molar-refractivity contribution in [3.8, 4) is 5.69 Å². The maximum Gasteiger partial charge on any atom is 0.157 e. The van der Waals surface area contributed by atoms with E-state index in [4.69, 9.17) is 4.74 Å². The lowest BCUT2D eigenvalue weighted by atomic mass is 9.95. The third-order valence-electron chi connectivity index (χ3n) is 3.41. The Morgan fingerprint density at radius 2 is 2.16 bits per heavy atom. The van der Waals surface area contributed by atoms with Gasteiger partial charge in [0.05, 0.1) is 18.4 Å². The van der Waals surface area contributed by atoms with Crippen LogP contribution in [0, 0.1) is 5.92 Å². The summed E-state index contributed by atoms with van der Waals surface area (Å²) in [7, 11) is 0. The fourth-order valence-electron chi connectivity index (χ4n) is 2.32. The number of nitrogens with zero attached hydrogens (tertiary/aromatic N) is 4. The smallest absolute Gasteiger partial charge is 0.157 e. The standard InChI is InChI=1S/C13H16N4O2/c18-12-6-7-19-9-10(12)8-13-14-15-16-17(13)11-4-2-1-3-5-11/h1-5,10,12,18H,6-9H2. The Bertz CT molecular complexity index is 528. The number of benzene rings is 1. The van der Waals surface area contributed by atoms with Crippen LogP contribution in [0.5, 0.6) is 0 Å². The molecule has 0 amide bonds. The Morgan fingerprint density at radius 1 is 1.32 bits per heavy atom. The molecule has 0 spiro atoms. The van der Waals surface area contributed by atoms with Crippen molar-refractivity contribution in [1.82, 2.24) is 20.2 Å². The predicted octanol–water partition coefficient (Wildman–Crippen LogP) is 0.602. The molecule has 1 aromatic carbocycles. The van der Waals surface area contributed by atoms with E-state index in [0.717, 1.165) is 11.5 Å². The Labute approximate surface area is 111 Å². The molecule has 6 heteroatoms. The zero-order valence-electron chi connectivity index (χ0n) is 10.5. The average Bonchev–Trinajstić information content (AvgIpc) is 2.91. The first-order valence-corrected chi connectivity index (χ1v) is 6.43. The number of hydrogen-bond acceptors (Lipinski definition) is 5. The lowest BCUT2D eigenvalue weighted by Gasteiger charge is -2.27. The average molecular weight is 260 g/mol. The highest BCUT2D eigenvalue weighted by Gasteiger charge is 2.26. The van der Waals surface area contributed by atoms with Gasteiger partial charge < -0.3 is 9.84 Å². The molecule has 1 aromatic heterocycles. The Balaban J connectivity index is 1.81. The minimum Gasteiger partial charge on any atom is -0.393 e. The number of ether oxygens (including phenoxy) is 1. The van der Waals surface area contributed by atoms with Gasteiger partial charge >= 0.3 is 0 Å². The molecule has 1 N–H and O–H groups in total. The van der Waals surface area contributed by atoms with Gasteiger partial charge in [0.15, 0.2) is 5.82 Å². The van der Waals surface area contributed by atoms with Crippen LogP contribution in [0.25, 0.3) is 5.69 Å². The van der Waals surface area contributed by atoms with Crippen molar-refractivity contribution < 1.29 is 9.84 Å². The molecule has 0 bridgehead atoms. The summed E-state index contributed by atoms with van der Waals surface area (Å²) in [5, 5.41) is 21.8. The quantitative estimate of drug-likeness (QED) is 0.875. The van der Waals surface area contributed by atoms with Crippen molar-refractivity contribution in [2.45, 2.75) is 18.9 Å². The molecule has 6 nitrogen and oxygen atoms in total. The minimum absolute atomic E-state index is 0.0576. The second kappa shape index (κ2) is 5.46. The van der Waals surface area contributed by atoms with Gasteiger partial charge in [0, 0.05) is 18.9 Å². The summed E-state index contributed by atoms with van der Waals surface area (Å²) in [6, 6.07) is 9.74. The van der Waals surface area contributed by atoms with Gasteiger partial charge in [0.25, 0.3) is 0 Å². The highest BCUT2D eigenvalue weighted by Crippen LogP contribution is 2.19. The van der Waals surface area contributed by atoms with Gasteiger partial charge in [-0.2, -0.15) is 4.68 Å². The number of para-hydroxylation sites is 1. The number of rotatable bonds is 3. The van der Waals surface area contributed by atoms with Crippen LogP contribution in [0.1, 0.15) is 12.2 Å². The van der Waals surface area contributed by atoms with Gasteiger partial charge in [-0.1, -0.05) is 18.2 Å². The number of aliphatic hydroxyl groups excluding tert-OH is 1. The van der Waals surface area contributed by atoms with Crippen molar-refractivity contribution in [1.29, 1.82) is 0 Å². The van der Waals surface area contributed by atoms with E-state index in [1.807, 2.05) is 30.3 Å². The number of hydrogen-bond donors (Lipinski definition) is 1. The van der Waals surface area contributed by atoms with E-state index >= 15 is 0 Å². The zero-order chi connectivity index (χ0) is 13.1. The topological polar surface area (TPSA) is 73.1 Å². The highest BCUT2D eigenvalue weighted by molar-refractivity contribution is 5.30. The molecule has 0 saturated carbocycles. The molecule has 100 valence electrons. The van der Waals surface area contributed by atoms with Crippen molar-refractivity contribution >= 4 is 0 Å². The van der Waals surface area contributed by atoms with E-state index in [1.54, 1.807) is 4.68 Å². The van der Waals surface area contributed by atoms with Crippen LogP contribution < -0.4 is 0 Å². The van der Waals surface area contributed by atoms with Crippen molar-refractivity contribution in [2.24, 2.45) is 5.92 Å². The van der Waals surface area contributed by atoms with E-state index in [9.17, 15) is 5.11 Å². The summed E-state index contributed by atoms with van der Waals surface area (Å²) in [5.74, 6) is 0.808. The monoisotopic (exact) mass is 260 g/mol. The molecule has 1 saturated heterocycles. The van der Waals surface area contributed by atoms with E-state index in [2.05, 4.69) is 15.5 Å². The fourth-order valence-corrected chi connectivity index (χ4v) is 2.32. The fraction of sp³-hybridized carbons (Fsp3) is 0.462. The molecule has 1 aliphatic heterocycles. The summed E-state index contributed by atoms with van der Waals surface area (Å²) in [5.41, 5.74) is 0.925. The van der Waals surface area contributed by atoms with Gasteiger partial charge in [-0.15, -0.1) is 5.10 Å². The SMILES string of the molecule is OC1CCOCC1Cc1nnnn1-c1ccccc1. The molecular formula is C13H16N4O2. The maximum atomic E-state index is 9.97. The van der Waals surface area contributed by atoms with E-state index in [1.165, 1.54) is 0 Å². The molecular weight excluding hydrogens is 244 g/mol. The number of tetrazole rings is 1. The van der Waals surface area contributed by atoms with Crippen LogP contribution in [-0.4, -0.2) is 44.6 Å². The summed E-state index contributed by atoms with van der Waals surface area (Å²) >= 11 is 0. The van der Waals surface area contributed by atoms with Crippen molar-refractivity contribution in [3.05, 3.63) is 36.2 Å². The Morgan fingerprint density at radius 3 is 2.95 bits per heavy atom. The summed E-state index contributed by atoms with van der Waals surface area (Å²) in [4.78, 5) is 0. The molecule has 0 radical (unpaired) electrons. The maximum absolute atomic E-state index is 9.97. The van der Waals surface area contributed by atoms with Crippen LogP contribution >= 0.6 is 0 Å². The van der Waals surface area contributed by atoms with Gasteiger partial charge in [0.2, 0.25) is 0 Å². The van der Waals surface area contributed by atoms with Gasteiger partial charge in [-0.3, -0.25) is 0 Å². The molecule has 1 fully saturated rings. The first kappa shape index (κ1) is 12.3. The van der Waals surface area contributed by atoms with Crippen molar-refractivity contribution in [2.75, 3.05) is 13.2 Å². The first-order chi connectivity index (χ1) is 9.34. The molecule has 2 heterocycles. The molecule has 1 aliphatic rings. The summed E-state index contributed by atoms with van der Waals surface area (Å²) in [6.45, 7) is 1.18. The predicted molar refractivity (Wildman–Crippen MR) is 67.8 cm³/mol. The summed E-state index contributed by atoms with van der Waals surface area (Å²) < 4.78 is 7.12. The molecule has 19 heavy (non-hydrogen) atoms. The van der Waals surface area contributed by atoms with Crippen LogP contribution in [0.2, 0.25) is 0 Å². The zero-order valence-corrected chi connectivity index (χ0v) is 10.5. The van der Waals surface area contributed by atoms with Crippen molar-refractivity contribution in [3.63, 3.8) is 0 Å². The Hall–Kier alpha value is -1.79. The highest BCUT2D eigenvalue weighted by atomic mass is 16.5. The molecule has 2 unspecified atom stereocenters. The lowest BCUT2D eigenvalue weighted by Crippen LogP contribution is -2.33. The second-order valence-electron chi connectivity index (χ2n) is 4.74. The first-order valence-electron chi connectivity index (χ1n) is 6.43. The number of aromatic nitrogens is 4. The molecule has 0 aliphatic carbocycles. The Kier molecular flexibility index (Phi) is 3.52.